The fourth-order valence-corrected chi connectivity index (χ4v) is 3.43. The van der Waals surface area contributed by atoms with Gasteiger partial charge in [-0.2, -0.15) is 0 Å². The van der Waals surface area contributed by atoms with Gasteiger partial charge in [-0.25, -0.2) is 14.6 Å². The highest BCUT2D eigenvalue weighted by molar-refractivity contribution is 9.10. The summed E-state index contributed by atoms with van der Waals surface area (Å²) in [6.07, 6.45) is 1.84. The van der Waals surface area contributed by atoms with Crippen molar-refractivity contribution < 1.29 is 24.0 Å². The number of rotatable bonds is 6. The average Bonchev–Trinajstić information content (AvgIpc) is 3.14. The van der Waals surface area contributed by atoms with E-state index >= 15 is 0 Å². The van der Waals surface area contributed by atoms with Gasteiger partial charge in [-0.15, -0.1) is 0 Å². The zero-order chi connectivity index (χ0) is 23.4. The molecule has 0 spiro atoms. The van der Waals surface area contributed by atoms with Crippen LogP contribution in [0.2, 0.25) is 0 Å². The maximum atomic E-state index is 12.5. The number of cyclic esters (lactones) is 1. The number of carbonyl (C=O) groups is 2. The molecule has 33 heavy (non-hydrogen) atoms. The molecule has 0 saturated heterocycles. The van der Waals surface area contributed by atoms with Gasteiger partial charge in [0.2, 0.25) is 5.90 Å². The van der Waals surface area contributed by atoms with E-state index in [9.17, 15) is 19.7 Å². The molecule has 0 aliphatic carbocycles. The first-order valence-corrected chi connectivity index (χ1v) is 10.5. The molecule has 3 aromatic carbocycles. The molecule has 0 fully saturated rings. The van der Waals surface area contributed by atoms with E-state index in [0.717, 1.165) is 5.56 Å². The number of hydrogen-bond acceptors (Lipinski definition) is 7. The zero-order valence-electron chi connectivity index (χ0n) is 16.9. The van der Waals surface area contributed by atoms with Crippen LogP contribution >= 0.6 is 15.9 Å². The van der Waals surface area contributed by atoms with Gasteiger partial charge >= 0.3 is 11.9 Å². The van der Waals surface area contributed by atoms with E-state index in [-0.39, 0.29) is 28.6 Å². The molecule has 1 aliphatic rings. The maximum absolute atomic E-state index is 12.5. The van der Waals surface area contributed by atoms with Crippen molar-refractivity contribution in [1.82, 2.24) is 0 Å². The van der Waals surface area contributed by atoms with Crippen LogP contribution in [-0.4, -0.2) is 22.8 Å². The molecule has 0 bridgehead atoms. The number of nitrogens with zero attached hydrogens (tertiary/aromatic N) is 2. The number of hydrogen-bond donors (Lipinski definition) is 0. The number of aliphatic imine (C=N–C) groups is 1. The lowest BCUT2D eigenvalue weighted by Gasteiger charge is -2.08. The van der Waals surface area contributed by atoms with Gasteiger partial charge in [0, 0.05) is 28.6 Å². The van der Waals surface area contributed by atoms with Crippen LogP contribution in [0.1, 0.15) is 21.5 Å². The summed E-state index contributed by atoms with van der Waals surface area (Å²) in [4.78, 5) is 39.4. The van der Waals surface area contributed by atoms with Gasteiger partial charge in [-0.1, -0.05) is 46.3 Å². The molecule has 1 heterocycles. The van der Waals surface area contributed by atoms with E-state index in [0.29, 0.717) is 16.5 Å². The number of esters is 2. The van der Waals surface area contributed by atoms with E-state index in [4.69, 9.17) is 9.47 Å². The fraction of sp³-hybridized carbons (Fsp3) is 0.0417. The van der Waals surface area contributed by atoms with E-state index < -0.39 is 16.9 Å². The summed E-state index contributed by atoms with van der Waals surface area (Å²) in [6.45, 7) is 0. The molecule has 1 aliphatic heterocycles. The molecule has 4 rings (SSSR count). The molecule has 3 aromatic rings. The number of ether oxygens (including phenoxy) is 2. The molecule has 0 radical (unpaired) electrons. The van der Waals surface area contributed by atoms with Crippen molar-refractivity contribution in [2.45, 2.75) is 6.42 Å². The van der Waals surface area contributed by atoms with Crippen LogP contribution in [0.4, 0.5) is 5.69 Å². The summed E-state index contributed by atoms with van der Waals surface area (Å²) >= 11 is 3.36. The first-order valence-electron chi connectivity index (χ1n) is 9.70. The predicted octanol–water partition coefficient (Wildman–Crippen LogP) is 5.12. The highest BCUT2D eigenvalue weighted by Crippen LogP contribution is 2.28. The predicted molar refractivity (Wildman–Crippen MR) is 124 cm³/mol. The average molecular weight is 507 g/mol. The second kappa shape index (κ2) is 9.58. The Balaban J connectivity index is 1.58. The number of non-ortho nitro benzene ring substituents is 1. The largest absolute Gasteiger partial charge is 0.422 e. The highest BCUT2D eigenvalue weighted by atomic mass is 79.9. The Labute approximate surface area is 196 Å². The second-order valence-corrected chi connectivity index (χ2v) is 7.88. The van der Waals surface area contributed by atoms with Gasteiger partial charge in [0.1, 0.15) is 5.75 Å². The standard InChI is InChI=1S/C24H15BrN2O6/c25-18-8-11-21(32-23(28)16-6-9-19(10-7-16)27(30)31)17(13-18)14-20-24(29)33-22(26-20)12-15-4-2-1-3-5-15/h1-11,13-14H,12H2/b20-14+. The lowest BCUT2D eigenvalue weighted by atomic mass is 10.1. The first-order chi connectivity index (χ1) is 15.9. The molecule has 0 saturated carbocycles. The van der Waals surface area contributed by atoms with Crippen LogP contribution in [0.3, 0.4) is 0 Å². The summed E-state index contributed by atoms with van der Waals surface area (Å²) in [7, 11) is 0. The number of benzene rings is 3. The Kier molecular flexibility index (Phi) is 6.41. The lowest BCUT2D eigenvalue weighted by Crippen LogP contribution is -2.09. The minimum absolute atomic E-state index is 0.0756. The van der Waals surface area contributed by atoms with Crippen molar-refractivity contribution in [2.24, 2.45) is 4.99 Å². The van der Waals surface area contributed by atoms with Crippen molar-refractivity contribution in [3.8, 4) is 5.75 Å². The quantitative estimate of drug-likeness (QED) is 0.151. The van der Waals surface area contributed by atoms with Crippen molar-refractivity contribution >= 4 is 45.5 Å². The Morgan fingerprint density at radius 2 is 1.82 bits per heavy atom. The van der Waals surface area contributed by atoms with Crippen molar-refractivity contribution in [1.29, 1.82) is 0 Å². The molecule has 0 unspecified atom stereocenters. The maximum Gasteiger partial charge on any atom is 0.363 e. The molecule has 164 valence electrons. The molecule has 0 aromatic heterocycles. The fourth-order valence-electron chi connectivity index (χ4n) is 3.05. The number of nitro benzene ring substituents is 1. The minimum atomic E-state index is -0.700. The normalized spacial score (nSPS) is 14.0. The molecule has 0 amide bonds. The smallest absolute Gasteiger partial charge is 0.363 e. The Morgan fingerprint density at radius 1 is 1.09 bits per heavy atom. The van der Waals surface area contributed by atoms with Crippen molar-refractivity contribution in [3.05, 3.63) is 110 Å². The van der Waals surface area contributed by atoms with Gasteiger partial charge in [0.25, 0.3) is 5.69 Å². The van der Waals surface area contributed by atoms with Gasteiger partial charge < -0.3 is 9.47 Å². The Bertz CT molecular complexity index is 1300. The summed E-state index contributed by atoms with van der Waals surface area (Å²) in [6, 6.07) is 19.5. The summed E-state index contributed by atoms with van der Waals surface area (Å²) < 4.78 is 11.4. The van der Waals surface area contributed by atoms with E-state index in [1.54, 1.807) is 18.2 Å². The van der Waals surface area contributed by atoms with Crippen LogP contribution in [0, 0.1) is 10.1 Å². The lowest BCUT2D eigenvalue weighted by molar-refractivity contribution is -0.384. The first kappa shape index (κ1) is 22.1. The molecule has 8 nitrogen and oxygen atoms in total. The Morgan fingerprint density at radius 3 is 2.52 bits per heavy atom. The van der Waals surface area contributed by atoms with Crippen LogP contribution in [-0.2, 0) is 16.0 Å². The molecular weight excluding hydrogens is 492 g/mol. The topological polar surface area (TPSA) is 108 Å². The van der Waals surface area contributed by atoms with Crippen LogP contribution in [0.25, 0.3) is 6.08 Å². The number of halogens is 1. The third kappa shape index (κ3) is 5.39. The third-order valence-electron chi connectivity index (χ3n) is 4.64. The summed E-state index contributed by atoms with van der Waals surface area (Å²) in [5.74, 6) is -0.840. The molecule has 0 N–H and O–H groups in total. The number of carbonyl (C=O) groups excluding carboxylic acids is 2. The zero-order valence-corrected chi connectivity index (χ0v) is 18.5. The highest BCUT2D eigenvalue weighted by Gasteiger charge is 2.24. The third-order valence-corrected chi connectivity index (χ3v) is 5.14. The minimum Gasteiger partial charge on any atom is -0.422 e. The van der Waals surface area contributed by atoms with E-state index in [2.05, 4.69) is 20.9 Å². The van der Waals surface area contributed by atoms with Crippen LogP contribution in [0.5, 0.6) is 5.75 Å². The second-order valence-electron chi connectivity index (χ2n) is 6.96. The summed E-state index contributed by atoms with van der Waals surface area (Å²) in [5, 5.41) is 10.8. The van der Waals surface area contributed by atoms with E-state index in [1.165, 1.54) is 30.3 Å². The van der Waals surface area contributed by atoms with Crippen LogP contribution < -0.4 is 4.74 Å². The molecule has 9 heteroatoms. The summed E-state index contributed by atoms with van der Waals surface area (Å²) in [5.41, 5.74) is 1.46. The SMILES string of the molecule is O=C1OC(Cc2ccccc2)=N/C1=C/c1cc(Br)ccc1OC(=O)c1ccc([N+](=O)[O-])cc1. The van der Waals surface area contributed by atoms with E-state index in [1.807, 2.05) is 30.3 Å². The van der Waals surface area contributed by atoms with Crippen LogP contribution in [0.15, 0.2) is 88.0 Å². The van der Waals surface area contributed by atoms with Crippen molar-refractivity contribution in [2.75, 3.05) is 0 Å². The number of nitro groups is 1. The van der Waals surface area contributed by atoms with Gasteiger partial charge in [-0.05, 0) is 42.0 Å². The molecular formula is C24H15BrN2O6. The van der Waals surface area contributed by atoms with Gasteiger partial charge in [0.15, 0.2) is 5.70 Å². The molecule has 0 atom stereocenters. The van der Waals surface area contributed by atoms with Gasteiger partial charge in [0.05, 0.1) is 10.5 Å². The Hall–Kier alpha value is -4.11. The van der Waals surface area contributed by atoms with Gasteiger partial charge in [-0.3, -0.25) is 10.1 Å². The van der Waals surface area contributed by atoms with Crippen molar-refractivity contribution in [3.63, 3.8) is 0 Å². The monoisotopic (exact) mass is 506 g/mol.